The molecule has 32 heavy (non-hydrogen) atoms. The van der Waals surface area contributed by atoms with Gasteiger partial charge in [-0.05, 0) is 83.8 Å². The maximum atomic E-state index is 13.2. The van der Waals surface area contributed by atoms with Gasteiger partial charge in [0.2, 0.25) is 21.8 Å². The normalized spacial score (nSPS) is 18.8. The van der Waals surface area contributed by atoms with Crippen LogP contribution in [0.3, 0.4) is 0 Å². The summed E-state index contributed by atoms with van der Waals surface area (Å²) >= 11 is 2.15. The van der Waals surface area contributed by atoms with E-state index in [0.717, 1.165) is 26.9 Å². The monoisotopic (exact) mass is 567 g/mol. The number of anilines is 1. The largest absolute Gasteiger partial charge is 0.330 e. The smallest absolute Gasteiger partial charge is 0.257 e. The van der Waals surface area contributed by atoms with Crippen molar-refractivity contribution in [3.8, 4) is 0 Å². The Hall–Kier alpha value is -2.31. The fourth-order valence-corrected chi connectivity index (χ4v) is 4.68. The quantitative estimate of drug-likeness (QED) is 0.406. The predicted molar refractivity (Wildman–Crippen MR) is 126 cm³/mol. The second-order valence-corrected chi connectivity index (χ2v) is 10.8. The Labute approximate surface area is 199 Å². The molecule has 1 saturated carbocycles. The third-order valence-electron chi connectivity index (χ3n) is 5.69. The van der Waals surface area contributed by atoms with E-state index < -0.39 is 22.0 Å². The van der Waals surface area contributed by atoms with Crippen molar-refractivity contribution >= 4 is 56.0 Å². The molecule has 8 nitrogen and oxygen atoms in total. The lowest BCUT2D eigenvalue weighted by Gasteiger charge is -2.28. The van der Waals surface area contributed by atoms with Crippen LogP contribution in [0.2, 0.25) is 0 Å². The van der Waals surface area contributed by atoms with E-state index in [1.807, 2.05) is 12.1 Å². The zero-order chi connectivity index (χ0) is 23.0. The van der Waals surface area contributed by atoms with Gasteiger partial charge in [0.1, 0.15) is 6.04 Å². The molecule has 1 saturated heterocycles. The van der Waals surface area contributed by atoms with Gasteiger partial charge in [0.05, 0.1) is 17.0 Å². The minimum Gasteiger partial charge on any atom is -0.330 e. The zero-order valence-electron chi connectivity index (χ0n) is 17.1. The molecule has 1 atom stereocenters. The van der Waals surface area contributed by atoms with Crippen molar-refractivity contribution in [1.29, 1.82) is 0 Å². The predicted octanol–water partition coefficient (Wildman–Crippen LogP) is 2.05. The van der Waals surface area contributed by atoms with E-state index in [9.17, 15) is 22.8 Å². The fourth-order valence-electron chi connectivity index (χ4n) is 3.80. The lowest BCUT2D eigenvalue weighted by molar-refractivity contribution is -0.139. The highest BCUT2D eigenvalue weighted by molar-refractivity contribution is 14.1. The molecule has 1 aliphatic carbocycles. The minimum absolute atomic E-state index is 0.0110. The Balaban J connectivity index is 1.53. The number of carbonyl (C=O) groups excluding carboxylic acids is 3. The van der Waals surface area contributed by atoms with Gasteiger partial charge in [0.25, 0.3) is 5.91 Å². The molecule has 10 heteroatoms. The number of rotatable bonds is 7. The molecule has 2 fully saturated rings. The number of amides is 3. The van der Waals surface area contributed by atoms with Gasteiger partial charge in [0, 0.05) is 16.0 Å². The van der Waals surface area contributed by atoms with Crippen LogP contribution in [0.5, 0.6) is 0 Å². The van der Waals surface area contributed by atoms with Crippen molar-refractivity contribution in [2.45, 2.75) is 36.6 Å². The van der Waals surface area contributed by atoms with E-state index in [1.54, 1.807) is 24.3 Å². The standard InChI is InChI=1S/C22H22IN3O5S/c23-16-5-7-17(8-6-16)26-20(27)13-19(22(26)29)25(21(28)15-3-4-15)12-11-14-1-9-18(10-2-14)32(24,30)31/h1-2,5-10,15,19H,3-4,11-13H2,(H2,24,30,31). The number of nitrogens with zero attached hydrogens (tertiary/aromatic N) is 2. The number of benzene rings is 2. The molecule has 168 valence electrons. The van der Waals surface area contributed by atoms with Crippen LogP contribution in [0.1, 0.15) is 24.8 Å². The maximum Gasteiger partial charge on any atom is 0.257 e. The lowest BCUT2D eigenvalue weighted by Crippen LogP contribution is -2.47. The fraction of sp³-hybridized carbons (Fsp3) is 0.318. The van der Waals surface area contributed by atoms with Gasteiger partial charge in [0.15, 0.2) is 0 Å². The summed E-state index contributed by atoms with van der Waals surface area (Å²) in [5, 5.41) is 5.13. The first kappa shape index (κ1) is 22.9. The van der Waals surface area contributed by atoms with Crippen LogP contribution in [-0.2, 0) is 30.8 Å². The summed E-state index contributed by atoms with van der Waals surface area (Å²) in [6.45, 7) is 0.258. The molecular weight excluding hydrogens is 545 g/mol. The molecule has 4 rings (SSSR count). The molecule has 2 N–H and O–H groups in total. The van der Waals surface area contributed by atoms with Crippen LogP contribution < -0.4 is 10.0 Å². The van der Waals surface area contributed by atoms with E-state index in [2.05, 4.69) is 22.6 Å². The average molecular weight is 567 g/mol. The number of sulfonamides is 1. The molecule has 1 aliphatic heterocycles. The first-order chi connectivity index (χ1) is 15.1. The van der Waals surface area contributed by atoms with E-state index >= 15 is 0 Å². The summed E-state index contributed by atoms with van der Waals surface area (Å²) in [4.78, 5) is 41.6. The van der Waals surface area contributed by atoms with Gasteiger partial charge in [-0.1, -0.05) is 12.1 Å². The molecule has 0 spiro atoms. The number of imide groups is 1. The molecule has 2 aromatic rings. The number of hydrogen-bond donors (Lipinski definition) is 1. The summed E-state index contributed by atoms with van der Waals surface area (Å²) < 4.78 is 23.9. The minimum atomic E-state index is -3.78. The summed E-state index contributed by atoms with van der Waals surface area (Å²) in [6.07, 6.45) is 1.95. The van der Waals surface area contributed by atoms with E-state index in [4.69, 9.17) is 5.14 Å². The number of halogens is 1. The first-order valence-corrected chi connectivity index (χ1v) is 12.8. The Morgan fingerprint density at radius 2 is 1.69 bits per heavy atom. The lowest BCUT2D eigenvalue weighted by atomic mass is 10.1. The second kappa shape index (κ2) is 8.91. The molecule has 1 heterocycles. The van der Waals surface area contributed by atoms with Crippen molar-refractivity contribution in [1.82, 2.24) is 4.90 Å². The van der Waals surface area contributed by atoms with Crippen LogP contribution in [0.25, 0.3) is 0 Å². The van der Waals surface area contributed by atoms with Crippen molar-refractivity contribution in [3.63, 3.8) is 0 Å². The highest BCUT2D eigenvalue weighted by atomic mass is 127. The maximum absolute atomic E-state index is 13.2. The highest BCUT2D eigenvalue weighted by Crippen LogP contribution is 2.34. The summed E-state index contributed by atoms with van der Waals surface area (Å²) in [6, 6.07) is 12.4. The molecule has 1 unspecified atom stereocenters. The average Bonchev–Trinajstić information content (AvgIpc) is 3.55. The van der Waals surface area contributed by atoms with Crippen molar-refractivity contribution < 1.29 is 22.8 Å². The van der Waals surface area contributed by atoms with E-state index in [1.165, 1.54) is 17.0 Å². The first-order valence-electron chi connectivity index (χ1n) is 10.2. The Bertz CT molecular complexity index is 1160. The van der Waals surface area contributed by atoms with Gasteiger partial charge in [-0.3, -0.25) is 14.4 Å². The topological polar surface area (TPSA) is 118 Å². The van der Waals surface area contributed by atoms with Gasteiger partial charge in [-0.15, -0.1) is 0 Å². The van der Waals surface area contributed by atoms with Crippen molar-refractivity contribution in [2.75, 3.05) is 11.4 Å². The summed E-state index contributed by atoms with van der Waals surface area (Å²) in [5.41, 5.74) is 1.30. The third-order valence-corrected chi connectivity index (χ3v) is 7.34. The van der Waals surface area contributed by atoms with Gasteiger partial charge in [-0.2, -0.15) is 0 Å². The van der Waals surface area contributed by atoms with Crippen LogP contribution in [0.4, 0.5) is 5.69 Å². The van der Waals surface area contributed by atoms with E-state index in [-0.39, 0.29) is 35.6 Å². The van der Waals surface area contributed by atoms with E-state index in [0.29, 0.717) is 12.1 Å². The second-order valence-electron chi connectivity index (χ2n) is 8.01. The molecular formula is C22H22IN3O5S. The SMILES string of the molecule is NS(=O)(=O)c1ccc(CCN(C(=O)C2CC2)C2CC(=O)N(c3ccc(I)cc3)C2=O)cc1. The molecule has 3 amide bonds. The molecule has 2 aromatic carbocycles. The number of carbonyl (C=O) groups is 3. The van der Waals surface area contributed by atoms with Crippen LogP contribution in [0.15, 0.2) is 53.4 Å². The van der Waals surface area contributed by atoms with Gasteiger partial charge >= 0.3 is 0 Å². The van der Waals surface area contributed by atoms with Crippen LogP contribution >= 0.6 is 22.6 Å². The Kier molecular flexibility index (Phi) is 6.37. The molecule has 0 radical (unpaired) electrons. The molecule has 2 aliphatic rings. The van der Waals surface area contributed by atoms with Crippen LogP contribution in [-0.4, -0.2) is 43.6 Å². The summed E-state index contributed by atoms with van der Waals surface area (Å²) in [5.74, 6) is -0.932. The Morgan fingerprint density at radius 3 is 2.25 bits per heavy atom. The highest BCUT2D eigenvalue weighted by Gasteiger charge is 2.46. The number of primary sulfonamides is 1. The Morgan fingerprint density at radius 1 is 1.06 bits per heavy atom. The molecule has 0 bridgehead atoms. The van der Waals surface area contributed by atoms with Crippen LogP contribution in [0, 0.1) is 9.49 Å². The van der Waals surface area contributed by atoms with Crippen molar-refractivity contribution in [2.24, 2.45) is 11.1 Å². The van der Waals surface area contributed by atoms with Gasteiger partial charge in [-0.25, -0.2) is 18.5 Å². The zero-order valence-corrected chi connectivity index (χ0v) is 20.1. The molecule has 0 aromatic heterocycles. The number of nitrogens with two attached hydrogens (primary N) is 1. The number of hydrogen-bond acceptors (Lipinski definition) is 5. The van der Waals surface area contributed by atoms with Crippen molar-refractivity contribution in [3.05, 3.63) is 57.7 Å². The third kappa shape index (κ3) is 4.86. The van der Waals surface area contributed by atoms with Gasteiger partial charge < -0.3 is 4.90 Å². The summed E-state index contributed by atoms with van der Waals surface area (Å²) in [7, 11) is -3.78.